The van der Waals surface area contributed by atoms with E-state index in [1.807, 2.05) is 0 Å². The number of nitrogens with one attached hydrogen (secondary N) is 1. The summed E-state index contributed by atoms with van der Waals surface area (Å²) in [6.07, 6.45) is 0.304. The molecule has 0 atom stereocenters. The van der Waals surface area contributed by atoms with Gasteiger partial charge in [0.05, 0.1) is 12.8 Å². The van der Waals surface area contributed by atoms with Gasteiger partial charge in [-0.3, -0.25) is 4.72 Å². The molecule has 0 radical (unpaired) electrons. The SMILES string of the molecule is COc1ccc(F)c(NS(=O)(=O)N(C)CCCO)c1. The third kappa shape index (κ3) is 4.34. The highest BCUT2D eigenvalue weighted by atomic mass is 32.2. The Morgan fingerprint density at radius 1 is 1.47 bits per heavy atom. The van der Waals surface area contributed by atoms with Crippen molar-refractivity contribution in [1.29, 1.82) is 0 Å². The number of anilines is 1. The molecule has 0 aromatic heterocycles. The van der Waals surface area contributed by atoms with Crippen molar-refractivity contribution in [2.75, 3.05) is 32.0 Å². The lowest BCUT2D eigenvalue weighted by atomic mass is 10.3. The summed E-state index contributed by atoms with van der Waals surface area (Å²) in [5, 5.41) is 8.66. The molecule has 0 heterocycles. The van der Waals surface area contributed by atoms with Gasteiger partial charge in [-0.1, -0.05) is 0 Å². The molecule has 1 aromatic rings. The van der Waals surface area contributed by atoms with Gasteiger partial charge in [-0.25, -0.2) is 4.39 Å². The first kappa shape index (κ1) is 15.7. The van der Waals surface area contributed by atoms with Crippen LogP contribution in [0.2, 0.25) is 0 Å². The van der Waals surface area contributed by atoms with Gasteiger partial charge in [0.2, 0.25) is 0 Å². The molecule has 108 valence electrons. The van der Waals surface area contributed by atoms with Crippen LogP contribution in [-0.2, 0) is 10.2 Å². The van der Waals surface area contributed by atoms with Crippen molar-refractivity contribution < 1.29 is 22.7 Å². The van der Waals surface area contributed by atoms with Crippen LogP contribution in [0.1, 0.15) is 6.42 Å². The van der Waals surface area contributed by atoms with Crippen molar-refractivity contribution in [2.24, 2.45) is 0 Å². The van der Waals surface area contributed by atoms with Crippen molar-refractivity contribution in [3.8, 4) is 5.75 Å². The fourth-order valence-corrected chi connectivity index (χ4v) is 2.30. The van der Waals surface area contributed by atoms with Crippen molar-refractivity contribution >= 4 is 15.9 Å². The van der Waals surface area contributed by atoms with E-state index in [1.54, 1.807) is 0 Å². The summed E-state index contributed by atoms with van der Waals surface area (Å²) in [5.74, 6) is -0.350. The van der Waals surface area contributed by atoms with E-state index in [9.17, 15) is 12.8 Å². The summed E-state index contributed by atoms with van der Waals surface area (Å²) in [5.41, 5.74) is -0.185. The van der Waals surface area contributed by atoms with Gasteiger partial charge in [-0.2, -0.15) is 12.7 Å². The molecule has 0 aliphatic heterocycles. The summed E-state index contributed by atoms with van der Waals surface area (Å²) in [4.78, 5) is 0. The van der Waals surface area contributed by atoms with E-state index >= 15 is 0 Å². The lowest BCUT2D eigenvalue weighted by molar-refractivity contribution is 0.276. The van der Waals surface area contributed by atoms with Crippen molar-refractivity contribution in [2.45, 2.75) is 6.42 Å². The molecule has 0 saturated carbocycles. The number of methoxy groups -OCH3 is 1. The second-order valence-electron chi connectivity index (χ2n) is 3.85. The summed E-state index contributed by atoms with van der Waals surface area (Å²) in [7, 11) is -1.11. The standard InChI is InChI=1S/C11H17FN2O4S/c1-14(6-3-7-15)19(16,17)13-11-8-9(18-2)4-5-10(11)12/h4-5,8,13,15H,3,6-7H2,1-2H3. The zero-order valence-electron chi connectivity index (χ0n) is 10.8. The highest BCUT2D eigenvalue weighted by molar-refractivity contribution is 7.90. The molecule has 0 aliphatic rings. The smallest absolute Gasteiger partial charge is 0.301 e. The van der Waals surface area contributed by atoms with Gasteiger partial charge in [-0.05, 0) is 18.6 Å². The first-order chi connectivity index (χ1) is 8.90. The van der Waals surface area contributed by atoms with Crippen LogP contribution >= 0.6 is 0 Å². The van der Waals surface area contributed by atoms with E-state index in [4.69, 9.17) is 9.84 Å². The molecule has 2 N–H and O–H groups in total. The molecule has 0 saturated heterocycles. The molecule has 8 heteroatoms. The number of hydrogen-bond donors (Lipinski definition) is 2. The minimum Gasteiger partial charge on any atom is -0.497 e. The largest absolute Gasteiger partial charge is 0.497 e. The average molecular weight is 292 g/mol. The van der Waals surface area contributed by atoms with Gasteiger partial charge in [-0.15, -0.1) is 0 Å². The fraction of sp³-hybridized carbons (Fsp3) is 0.455. The summed E-state index contributed by atoms with van der Waals surface area (Å²) in [6, 6.07) is 3.76. The van der Waals surface area contributed by atoms with Crippen molar-refractivity contribution in [3.05, 3.63) is 24.0 Å². The Morgan fingerprint density at radius 2 is 2.16 bits per heavy atom. The third-order valence-corrected chi connectivity index (χ3v) is 3.93. The van der Waals surface area contributed by atoms with Crippen LogP contribution in [0.3, 0.4) is 0 Å². The maximum Gasteiger partial charge on any atom is 0.301 e. The fourth-order valence-electron chi connectivity index (χ4n) is 1.34. The van der Waals surface area contributed by atoms with Crippen LogP contribution < -0.4 is 9.46 Å². The van der Waals surface area contributed by atoms with Crippen LogP contribution in [0.4, 0.5) is 10.1 Å². The highest BCUT2D eigenvalue weighted by Gasteiger charge is 2.19. The number of ether oxygens (including phenoxy) is 1. The lowest BCUT2D eigenvalue weighted by Gasteiger charge is -2.18. The molecule has 0 fully saturated rings. The van der Waals surface area contributed by atoms with E-state index in [1.165, 1.54) is 26.3 Å². The zero-order chi connectivity index (χ0) is 14.5. The van der Waals surface area contributed by atoms with Crippen molar-refractivity contribution in [1.82, 2.24) is 4.31 Å². The Balaban J connectivity index is 2.88. The molecule has 0 unspecified atom stereocenters. The molecule has 19 heavy (non-hydrogen) atoms. The van der Waals surface area contributed by atoms with Gasteiger partial charge in [0.25, 0.3) is 0 Å². The molecule has 0 bridgehead atoms. The number of hydrogen-bond acceptors (Lipinski definition) is 4. The van der Waals surface area contributed by atoms with Crippen molar-refractivity contribution in [3.63, 3.8) is 0 Å². The number of aliphatic hydroxyl groups is 1. The van der Waals surface area contributed by atoms with Gasteiger partial charge in [0.15, 0.2) is 0 Å². The van der Waals surface area contributed by atoms with E-state index in [0.29, 0.717) is 12.2 Å². The van der Waals surface area contributed by atoms with Crippen LogP contribution in [0.25, 0.3) is 0 Å². The molecule has 0 spiro atoms. The van der Waals surface area contributed by atoms with E-state index < -0.39 is 16.0 Å². The normalized spacial score (nSPS) is 11.6. The number of rotatable bonds is 7. The van der Waals surface area contributed by atoms with Crippen LogP contribution in [-0.4, -0.2) is 45.1 Å². The Kier molecular flexibility index (Phi) is 5.52. The van der Waals surface area contributed by atoms with Gasteiger partial charge >= 0.3 is 10.2 Å². The number of benzene rings is 1. The predicted octanol–water partition coefficient (Wildman–Crippen LogP) is 0.805. The lowest BCUT2D eigenvalue weighted by Crippen LogP contribution is -2.33. The molecule has 1 rings (SSSR count). The maximum atomic E-state index is 13.5. The molecule has 6 nitrogen and oxygen atoms in total. The van der Waals surface area contributed by atoms with Gasteiger partial charge in [0, 0.05) is 26.3 Å². The average Bonchev–Trinajstić information content (AvgIpc) is 2.38. The Morgan fingerprint density at radius 3 is 2.74 bits per heavy atom. The molecule has 0 aliphatic carbocycles. The monoisotopic (exact) mass is 292 g/mol. The summed E-state index contributed by atoms with van der Waals surface area (Å²) in [6.45, 7) is 0.0187. The number of aliphatic hydroxyl groups excluding tert-OH is 1. The minimum atomic E-state index is -3.86. The van der Waals surface area contributed by atoms with E-state index in [0.717, 1.165) is 10.4 Å². The summed E-state index contributed by atoms with van der Waals surface area (Å²) >= 11 is 0. The van der Waals surface area contributed by atoms with Crippen LogP contribution in [0.15, 0.2) is 18.2 Å². The summed E-state index contributed by atoms with van der Waals surface area (Å²) < 4.78 is 45.3. The number of halogens is 1. The van der Waals surface area contributed by atoms with Crippen LogP contribution in [0.5, 0.6) is 5.75 Å². The zero-order valence-corrected chi connectivity index (χ0v) is 11.6. The van der Waals surface area contributed by atoms with Crippen LogP contribution in [0, 0.1) is 5.82 Å². The number of nitrogens with zero attached hydrogens (tertiary/aromatic N) is 1. The first-order valence-corrected chi connectivity index (χ1v) is 7.03. The van der Waals surface area contributed by atoms with E-state index in [-0.39, 0.29) is 18.8 Å². The third-order valence-electron chi connectivity index (χ3n) is 2.45. The van der Waals surface area contributed by atoms with Gasteiger partial charge < -0.3 is 9.84 Å². The topological polar surface area (TPSA) is 78.9 Å². The quantitative estimate of drug-likeness (QED) is 0.779. The molecule has 1 aromatic carbocycles. The second-order valence-corrected chi connectivity index (χ2v) is 5.63. The Labute approximate surface area is 112 Å². The molecular formula is C11H17FN2O4S. The predicted molar refractivity (Wildman–Crippen MR) is 69.8 cm³/mol. The first-order valence-electron chi connectivity index (χ1n) is 5.59. The van der Waals surface area contributed by atoms with E-state index in [2.05, 4.69) is 4.72 Å². The minimum absolute atomic E-state index is 0.118. The maximum absolute atomic E-state index is 13.5. The molecule has 0 amide bonds. The molecular weight excluding hydrogens is 275 g/mol. The second kappa shape index (κ2) is 6.69. The Hall–Kier alpha value is -1.38. The Bertz CT molecular complexity index is 521. The van der Waals surface area contributed by atoms with Gasteiger partial charge in [0.1, 0.15) is 11.6 Å². The highest BCUT2D eigenvalue weighted by Crippen LogP contribution is 2.22.